The van der Waals surface area contributed by atoms with Gasteiger partial charge in [0.25, 0.3) is 10.2 Å². The Morgan fingerprint density at radius 3 is 2.72 bits per heavy atom. The fourth-order valence-corrected chi connectivity index (χ4v) is 5.62. The zero-order valence-corrected chi connectivity index (χ0v) is 19.2. The zero-order chi connectivity index (χ0) is 23.1. The van der Waals surface area contributed by atoms with Crippen LogP contribution in [0.5, 0.6) is 0 Å². The van der Waals surface area contributed by atoms with Crippen LogP contribution in [-0.2, 0) is 14.9 Å². The molecule has 0 unspecified atom stereocenters. The van der Waals surface area contributed by atoms with Gasteiger partial charge in [0.15, 0.2) is 5.65 Å². The average Bonchev–Trinajstić information content (AvgIpc) is 3.31. The minimum Gasteiger partial charge on any atom is -0.443 e. The number of carbonyl (C=O) groups is 1. The third kappa shape index (κ3) is 4.28. The first-order valence-corrected chi connectivity index (χ1v) is 12.0. The molecule has 0 amide bonds. The molecule has 12 heteroatoms. The normalized spacial score (nSPS) is 18.6. The second kappa shape index (κ2) is 7.99. The third-order valence-corrected chi connectivity index (χ3v) is 7.29. The van der Waals surface area contributed by atoms with Gasteiger partial charge in [-0.2, -0.15) is 18.0 Å². The van der Waals surface area contributed by atoms with Gasteiger partial charge in [0.05, 0.1) is 17.0 Å². The van der Waals surface area contributed by atoms with Crippen LogP contribution >= 0.6 is 0 Å². The van der Waals surface area contributed by atoms with Gasteiger partial charge in [0.2, 0.25) is 0 Å². The monoisotopic (exact) mass is 461 g/mol. The van der Waals surface area contributed by atoms with Crippen LogP contribution < -0.4 is 9.62 Å². The average molecular weight is 462 g/mol. The Labute approximate surface area is 187 Å². The summed E-state index contributed by atoms with van der Waals surface area (Å²) in [4.78, 5) is 23.3. The van der Waals surface area contributed by atoms with E-state index < -0.39 is 27.4 Å². The molecule has 2 aromatic heterocycles. The molecule has 32 heavy (non-hydrogen) atoms. The Kier molecular flexibility index (Phi) is 5.60. The highest BCUT2D eigenvalue weighted by Crippen LogP contribution is 2.46. The maximum atomic E-state index is 12.8. The zero-order valence-electron chi connectivity index (χ0n) is 18.4. The fraction of sp³-hybridized carbons (Fsp3) is 0.600. The number of nitrogens with one attached hydrogen (secondary N) is 1. The molecule has 1 aliphatic carbocycles. The summed E-state index contributed by atoms with van der Waals surface area (Å²) in [5.74, 6) is 0.665. The van der Waals surface area contributed by atoms with Crippen LogP contribution in [-0.4, -0.2) is 70.7 Å². The molecular formula is C20H27N7O4S. The van der Waals surface area contributed by atoms with Gasteiger partial charge >= 0.3 is 6.09 Å². The molecule has 0 bridgehead atoms. The van der Waals surface area contributed by atoms with Crippen molar-refractivity contribution in [3.05, 3.63) is 18.6 Å². The van der Waals surface area contributed by atoms with Crippen molar-refractivity contribution in [3.63, 3.8) is 0 Å². The van der Waals surface area contributed by atoms with E-state index in [0.29, 0.717) is 36.5 Å². The second-order valence-corrected chi connectivity index (χ2v) is 10.8. The Hall–Kier alpha value is -2.75. The number of fused-ring (bicyclic) bond motifs is 1. The summed E-state index contributed by atoms with van der Waals surface area (Å²) in [6, 6.07) is 3.72. The van der Waals surface area contributed by atoms with Gasteiger partial charge in [-0.15, -0.1) is 0 Å². The van der Waals surface area contributed by atoms with Crippen molar-refractivity contribution in [1.82, 2.24) is 23.6 Å². The first kappa shape index (κ1) is 22.4. The summed E-state index contributed by atoms with van der Waals surface area (Å²) >= 11 is 0. The molecule has 1 saturated carbocycles. The molecule has 1 saturated heterocycles. The van der Waals surface area contributed by atoms with Crippen LogP contribution in [0.15, 0.2) is 18.6 Å². The molecule has 1 N–H and O–H groups in total. The Morgan fingerprint density at radius 1 is 1.31 bits per heavy atom. The van der Waals surface area contributed by atoms with Gasteiger partial charge in [-0.1, -0.05) is 0 Å². The molecule has 2 aromatic rings. The molecule has 0 atom stereocenters. The van der Waals surface area contributed by atoms with Gasteiger partial charge in [-0.25, -0.2) is 24.1 Å². The Morgan fingerprint density at radius 2 is 2.06 bits per heavy atom. The van der Waals surface area contributed by atoms with Crippen LogP contribution in [0.3, 0.4) is 0 Å². The lowest BCUT2D eigenvalue weighted by molar-refractivity contribution is 0.0543. The van der Waals surface area contributed by atoms with E-state index in [0.717, 1.165) is 12.8 Å². The highest BCUT2D eigenvalue weighted by atomic mass is 32.2. The van der Waals surface area contributed by atoms with E-state index in [-0.39, 0.29) is 13.0 Å². The molecule has 3 heterocycles. The Bertz CT molecular complexity index is 1170. The predicted molar refractivity (Wildman–Crippen MR) is 117 cm³/mol. The lowest BCUT2D eigenvalue weighted by Gasteiger charge is -2.41. The van der Waals surface area contributed by atoms with E-state index in [4.69, 9.17) is 10.00 Å². The van der Waals surface area contributed by atoms with Gasteiger partial charge in [0, 0.05) is 38.8 Å². The number of nitriles is 1. The van der Waals surface area contributed by atoms with Crippen molar-refractivity contribution < 1.29 is 17.9 Å². The molecule has 0 radical (unpaired) electrons. The lowest BCUT2D eigenvalue weighted by atomic mass is 10.2. The number of carbonyl (C=O) groups excluding carboxylic acids is 1. The van der Waals surface area contributed by atoms with Gasteiger partial charge < -0.3 is 9.64 Å². The molecule has 1 spiro atoms. The molecule has 0 aromatic carbocycles. The van der Waals surface area contributed by atoms with E-state index in [1.807, 2.05) is 6.07 Å². The van der Waals surface area contributed by atoms with Gasteiger partial charge in [-0.05, 0) is 39.7 Å². The maximum Gasteiger partial charge on any atom is 0.420 e. The van der Waals surface area contributed by atoms with Crippen LogP contribution in [0, 0.1) is 11.3 Å². The van der Waals surface area contributed by atoms with E-state index in [2.05, 4.69) is 19.6 Å². The summed E-state index contributed by atoms with van der Waals surface area (Å²) in [7, 11) is -3.67. The van der Waals surface area contributed by atoms with Crippen LogP contribution in [0.2, 0.25) is 0 Å². The molecular weight excluding hydrogens is 434 g/mol. The third-order valence-electron chi connectivity index (χ3n) is 5.58. The number of hydrogen-bond acceptors (Lipinski definition) is 8. The summed E-state index contributed by atoms with van der Waals surface area (Å²) in [6.07, 6.45) is 4.15. The number of rotatable bonds is 5. The van der Waals surface area contributed by atoms with Crippen molar-refractivity contribution in [3.8, 4) is 6.07 Å². The van der Waals surface area contributed by atoms with Gasteiger partial charge in [-0.3, -0.25) is 0 Å². The molecule has 4 rings (SSSR count). The van der Waals surface area contributed by atoms with Crippen LogP contribution in [0.1, 0.15) is 40.0 Å². The first-order chi connectivity index (χ1) is 15.1. The summed E-state index contributed by atoms with van der Waals surface area (Å²) in [5.41, 5.74) is -0.672. The molecule has 172 valence electrons. The molecule has 11 nitrogen and oxygen atoms in total. The van der Waals surface area contributed by atoms with Crippen LogP contribution in [0.4, 0.5) is 10.6 Å². The minimum atomic E-state index is -3.67. The minimum absolute atomic E-state index is 0.0971. The van der Waals surface area contributed by atoms with Crippen molar-refractivity contribution in [1.29, 1.82) is 5.26 Å². The van der Waals surface area contributed by atoms with E-state index in [9.17, 15) is 13.2 Å². The van der Waals surface area contributed by atoms with Crippen molar-refractivity contribution in [2.75, 3.05) is 31.1 Å². The molecule has 2 aliphatic rings. The topological polar surface area (TPSA) is 133 Å². The first-order valence-electron chi connectivity index (χ1n) is 10.5. The maximum absolute atomic E-state index is 12.8. The largest absolute Gasteiger partial charge is 0.443 e. The number of aromatic nitrogens is 3. The van der Waals surface area contributed by atoms with Gasteiger partial charge in [0.1, 0.15) is 17.7 Å². The van der Waals surface area contributed by atoms with Crippen molar-refractivity contribution in [2.45, 2.75) is 51.2 Å². The highest BCUT2D eigenvalue weighted by molar-refractivity contribution is 7.87. The highest BCUT2D eigenvalue weighted by Gasteiger charge is 2.56. The lowest BCUT2D eigenvalue weighted by Crippen LogP contribution is -2.59. The number of piperazine rings is 1. The van der Waals surface area contributed by atoms with E-state index in [1.54, 1.807) is 33.0 Å². The summed E-state index contributed by atoms with van der Waals surface area (Å²) in [6.45, 7) is 6.75. The smallest absolute Gasteiger partial charge is 0.420 e. The number of anilines is 1. The predicted octanol–water partition coefficient (Wildman–Crippen LogP) is 1.62. The quantitative estimate of drug-likeness (QED) is 0.664. The summed E-state index contributed by atoms with van der Waals surface area (Å²) in [5, 5.41) is 9.39. The number of hydrogen-bond donors (Lipinski definition) is 1. The van der Waals surface area contributed by atoms with Crippen molar-refractivity contribution >= 4 is 33.2 Å². The summed E-state index contributed by atoms with van der Waals surface area (Å²) < 4.78 is 36.4. The van der Waals surface area contributed by atoms with Crippen LogP contribution in [0.25, 0.3) is 11.0 Å². The SMILES string of the molecule is CC(C)(C)OC(=O)n1ccc2c(N3CCN(S(=O)(=O)NCCC#N)C4(CC4)C3)ncnc21. The standard InChI is InChI=1S/C20H27N7O4S/c1-19(2,3)31-18(28)26-10-5-15-16(22-14-23-17(15)26)25-11-12-27(20(13-25)6-7-20)32(29,30)24-9-4-8-21/h5,10,14,24H,4,6-7,9,11-13H2,1-3H3. The second-order valence-electron chi connectivity index (χ2n) is 9.13. The molecule has 2 fully saturated rings. The number of nitrogens with zero attached hydrogens (tertiary/aromatic N) is 6. The van der Waals surface area contributed by atoms with E-state index >= 15 is 0 Å². The Balaban J connectivity index is 1.57. The van der Waals surface area contributed by atoms with Crippen molar-refractivity contribution in [2.24, 2.45) is 0 Å². The fourth-order valence-electron chi connectivity index (χ4n) is 4.03. The number of ether oxygens (including phenoxy) is 1. The molecule has 1 aliphatic heterocycles. The van der Waals surface area contributed by atoms with E-state index in [1.165, 1.54) is 15.2 Å².